The molecule has 3 aromatic carbocycles. The van der Waals surface area contributed by atoms with Crippen LogP contribution in [0.5, 0.6) is 0 Å². The van der Waals surface area contributed by atoms with Gasteiger partial charge in [0, 0.05) is 29.2 Å². The van der Waals surface area contributed by atoms with Crippen molar-refractivity contribution in [3.63, 3.8) is 0 Å². The van der Waals surface area contributed by atoms with E-state index in [1.165, 1.54) is 0 Å². The minimum Gasteiger partial charge on any atom is -0.348 e. The average molecular weight is 393 g/mol. The molecule has 0 unspecified atom stereocenters. The van der Waals surface area contributed by atoms with E-state index < -0.39 is 0 Å². The number of hydrogen-bond donors (Lipinski definition) is 2. The van der Waals surface area contributed by atoms with Crippen LogP contribution in [0.4, 0.5) is 5.69 Å². The van der Waals surface area contributed by atoms with Gasteiger partial charge in [-0.25, -0.2) is 0 Å². The first-order chi connectivity index (χ1) is 13.6. The van der Waals surface area contributed by atoms with Crippen LogP contribution in [-0.2, 0) is 17.8 Å². The summed E-state index contributed by atoms with van der Waals surface area (Å²) in [6.07, 6.45) is 0.911. The molecular weight excluding hydrogens is 372 g/mol. The Balaban J connectivity index is 1.49. The van der Waals surface area contributed by atoms with Gasteiger partial charge in [0.25, 0.3) is 5.91 Å². The number of carbonyl (C=O) groups excluding carboxylic acids is 2. The first-order valence-electron chi connectivity index (χ1n) is 9.07. The van der Waals surface area contributed by atoms with Gasteiger partial charge < -0.3 is 10.6 Å². The third kappa shape index (κ3) is 5.69. The summed E-state index contributed by atoms with van der Waals surface area (Å²) in [6.45, 7) is 0.472. The number of rotatable bonds is 7. The molecule has 3 rings (SSSR count). The normalized spacial score (nSPS) is 10.3. The quantitative estimate of drug-likeness (QED) is 0.604. The van der Waals surface area contributed by atoms with E-state index in [-0.39, 0.29) is 11.8 Å². The number of nitrogens with one attached hydrogen (secondary N) is 2. The van der Waals surface area contributed by atoms with Crippen LogP contribution in [0.25, 0.3) is 0 Å². The van der Waals surface area contributed by atoms with Crippen molar-refractivity contribution >= 4 is 29.1 Å². The first kappa shape index (κ1) is 19.6. The fourth-order valence-electron chi connectivity index (χ4n) is 2.76. The molecule has 28 heavy (non-hydrogen) atoms. The van der Waals surface area contributed by atoms with Crippen molar-refractivity contribution in [3.05, 3.63) is 101 Å². The number of amides is 2. The summed E-state index contributed by atoms with van der Waals surface area (Å²) in [5.41, 5.74) is 3.19. The molecule has 0 fully saturated rings. The highest BCUT2D eigenvalue weighted by atomic mass is 35.5. The molecule has 142 valence electrons. The lowest BCUT2D eigenvalue weighted by atomic mass is 10.1. The molecule has 0 aliphatic heterocycles. The van der Waals surface area contributed by atoms with Gasteiger partial charge in [-0.3, -0.25) is 9.59 Å². The first-order valence-corrected chi connectivity index (χ1v) is 9.45. The molecule has 2 amide bonds. The fraction of sp³-hybridized carbons (Fsp3) is 0.130. The van der Waals surface area contributed by atoms with E-state index in [2.05, 4.69) is 10.6 Å². The average Bonchev–Trinajstić information content (AvgIpc) is 2.73. The molecule has 0 spiro atoms. The van der Waals surface area contributed by atoms with Gasteiger partial charge >= 0.3 is 0 Å². The Morgan fingerprint density at radius 1 is 0.821 bits per heavy atom. The molecule has 0 bridgehead atoms. The molecule has 0 aromatic heterocycles. The number of carbonyl (C=O) groups is 2. The third-order valence-corrected chi connectivity index (χ3v) is 4.67. The summed E-state index contributed by atoms with van der Waals surface area (Å²) in [4.78, 5) is 24.4. The van der Waals surface area contributed by atoms with Gasteiger partial charge in [-0.1, -0.05) is 60.1 Å². The van der Waals surface area contributed by atoms with Crippen molar-refractivity contribution in [2.75, 3.05) is 5.32 Å². The topological polar surface area (TPSA) is 58.2 Å². The maximum absolute atomic E-state index is 12.2. The van der Waals surface area contributed by atoms with Crippen molar-refractivity contribution in [1.82, 2.24) is 5.32 Å². The zero-order valence-electron chi connectivity index (χ0n) is 15.3. The minimum atomic E-state index is -0.152. The van der Waals surface area contributed by atoms with Crippen LogP contribution in [0, 0.1) is 0 Å². The van der Waals surface area contributed by atoms with Gasteiger partial charge in [0.2, 0.25) is 5.91 Å². The van der Waals surface area contributed by atoms with Gasteiger partial charge in [0.1, 0.15) is 0 Å². The van der Waals surface area contributed by atoms with Crippen LogP contribution in [0.2, 0.25) is 5.02 Å². The Labute approximate surface area is 169 Å². The van der Waals surface area contributed by atoms with E-state index in [0.717, 1.165) is 11.1 Å². The Hall–Kier alpha value is -3.11. The van der Waals surface area contributed by atoms with Gasteiger partial charge in [-0.15, -0.1) is 0 Å². The standard InChI is InChI=1S/C23H21ClN2O2/c24-21-9-5-4-8-18(21)12-15-22(27)26-20-13-10-19(11-14-20)23(28)25-16-17-6-2-1-3-7-17/h1-11,13-14H,12,15-16H2,(H,25,28)(H,26,27). The van der Waals surface area contributed by atoms with Crippen LogP contribution in [-0.4, -0.2) is 11.8 Å². The molecule has 5 heteroatoms. The van der Waals surface area contributed by atoms with Crippen molar-refractivity contribution in [2.45, 2.75) is 19.4 Å². The monoisotopic (exact) mass is 392 g/mol. The van der Waals surface area contributed by atoms with Crippen molar-refractivity contribution in [1.29, 1.82) is 0 Å². The number of hydrogen-bond acceptors (Lipinski definition) is 2. The van der Waals surface area contributed by atoms with Gasteiger partial charge in [0.15, 0.2) is 0 Å². The zero-order chi connectivity index (χ0) is 19.8. The number of halogens is 1. The summed E-state index contributed by atoms with van der Waals surface area (Å²) in [5.74, 6) is -0.248. The van der Waals surface area contributed by atoms with Gasteiger partial charge in [-0.2, -0.15) is 0 Å². The van der Waals surface area contributed by atoms with Crippen LogP contribution in [0.15, 0.2) is 78.9 Å². The molecule has 0 atom stereocenters. The summed E-state index contributed by atoms with van der Waals surface area (Å²) < 4.78 is 0. The Morgan fingerprint density at radius 3 is 2.21 bits per heavy atom. The molecule has 3 aromatic rings. The van der Waals surface area contributed by atoms with Crippen molar-refractivity contribution in [2.24, 2.45) is 0 Å². The molecule has 0 radical (unpaired) electrons. The Kier molecular flexibility index (Phi) is 6.82. The second kappa shape index (κ2) is 9.72. The summed E-state index contributed by atoms with van der Waals surface area (Å²) in [5, 5.41) is 6.39. The maximum Gasteiger partial charge on any atom is 0.251 e. The van der Waals surface area contributed by atoms with Crippen molar-refractivity contribution < 1.29 is 9.59 Å². The fourth-order valence-corrected chi connectivity index (χ4v) is 2.99. The molecular formula is C23H21ClN2O2. The highest BCUT2D eigenvalue weighted by Gasteiger charge is 2.08. The van der Waals surface area contributed by atoms with Crippen LogP contribution in [0.3, 0.4) is 0 Å². The van der Waals surface area contributed by atoms with Crippen molar-refractivity contribution in [3.8, 4) is 0 Å². The van der Waals surface area contributed by atoms with E-state index in [4.69, 9.17) is 11.6 Å². The number of aryl methyl sites for hydroxylation is 1. The zero-order valence-corrected chi connectivity index (χ0v) is 16.1. The molecule has 4 nitrogen and oxygen atoms in total. The van der Waals surface area contributed by atoms with Crippen LogP contribution < -0.4 is 10.6 Å². The molecule has 0 aliphatic rings. The van der Waals surface area contributed by atoms with Gasteiger partial charge in [-0.05, 0) is 47.9 Å². The third-order valence-electron chi connectivity index (χ3n) is 4.31. The number of benzene rings is 3. The highest BCUT2D eigenvalue weighted by Crippen LogP contribution is 2.17. The maximum atomic E-state index is 12.2. The van der Waals surface area contributed by atoms with Crippen LogP contribution >= 0.6 is 11.6 Å². The van der Waals surface area contributed by atoms with E-state index in [9.17, 15) is 9.59 Å². The van der Waals surface area contributed by atoms with E-state index in [1.54, 1.807) is 24.3 Å². The molecule has 0 saturated carbocycles. The summed E-state index contributed by atoms with van der Waals surface area (Å²) in [7, 11) is 0. The highest BCUT2D eigenvalue weighted by molar-refractivity contribution is 6.31. The van der Waals surface area contributed by atoms with E-state index in [1.807, 2.05) is 54.6 Å². The lowest BCUT2D eigenvalue weighted by Crippen LogP contribution is -2.22. The summed E-state index contributed by atoms with van der Waals surface area (Å²) in [6, 6.07) is 24.1. The Bertz CT molecular complexity index is 940. The lowest BCUT2D eigenvalue weighted by Gasteiger charge is -2.08. The second-order valence-corrected chi connectivity index (χ2v) is 6.79. The molecule has 0 aliphatic carbocycles. The molecule has 2 N–H and O–H groups in total. The van der Waals surface area contributed by atoms with Crippen LogP contribution in [0.1, 0.15) is 27.9 Å². The molecule has 0 heterocycles. The van der Waals surface area contributed by atoms with E-state index in [0.29, 0.717) is 35.7 Å². The molecule has 0 saturated heterocycles. The lowest BCUT2D eigenvalue weighted by molar-refractivity contribution is -0.116. The smallest absolute Gasteiger partial charge is 0.251 e. The Morgan fingerprint density at radius 2 is 1.50 bits per heavy atom. The van der Waals surface area contributed by atoms with E-state index >= 15 is 0 Å². The minimum absolute atomic E-state index is 0.0961. The predicted octanol–water partition coefficient (Wildman–Crippen LogP) is 4.84. The predicted molar refractivity (Wildman–Crippen MR) is 112 cm³/mol. The second-order valence-electron chi connectivity index (χ2n) is 6.39. The van der Waals surface area contributed by atoms with Gasteiger partial charge in [0.05, 0.1) is 0 Å². The number of anilines is 1. The SMILES string of the molecule is O=C(CCc1ccccc1Cl)Nc1ccc(C(=O)NCc2ccccc2)cc1. The summed E-state index contributed by atoms with van der Waals surface area (Å²) >= 11 is 6.11. The largest absolute Gasteiger partial charge is 0.348 e.